The fourth-order valence-electron chi connectivity index (χ4n) is 2.39. The topological polar surface area (TPSA) is 30.2 Å². The van der Waals surface area contributed by atoms with Gasteiger partial charge in [-0.15, -0.1) is 23.5 Å². The predicted molar refractivity (Wildman–Crippen MR) is 104 cm³/mol. The largest absolute Gasteiger partial charge is 0.455 e. The molecule has 0 aliphatic carbocycles. The van der Waals surface area contributed by atoms with Crippen molar-refractivity contribution in [2.24, 2.45) is 0 Å². The van der Waals surface area contributed by atoms with Crippen molar-refractivity contribution in [1.29, 1.82) is 0 Å². The Morgan fingerprint density at radius 1 is 1.00 bits per heavy atom. The van der Waals surface area contributed by atoms with Crippen LogP contribution in [0.2, 0.25) is 5.02 Å². The molecule has 0 atom stereocenters. The molecule has 2 nitrogen and oxygen atoms in total. The van der Waals surface area contributed by atoms with Crippen molar-refractivity contribution in [3.63, 3.8) is 0 Å². The first-order chi connectivity index (χ1) is 11.1. The Balaban J connectivity index is 2.39. The van der Waals surface area contributed by atoms with E-state index in [-0.39, 0.29) is 5.43 Å². The van der Waals surface area contributed by atoms with Gasteiger partial charge in [-0.05, 0) is 64.8 Å². The second kappa shape index (κ2) is 6.93. The summed E-state index contributed by atoms with van der Waals surface area (Å²) < 4.78 is 6.99. The first kappa shape index (κ1) is 17.0. The van der Waals surface area contributed by atoms with Crippen LogP contribution in [0.3, 0.4) is 0 Å². The molecule has 6 heteroatoms. The van der Waals surface area contributed by atoms with Crippen molar-refractivity contribution in [2.75, 3.05) is 12.5 Å². The normalized spacial score (nSPS) is 11.1. The van der Waals surface area contributed by atoms with E-state index in [0.29, 0.717) is 26.6 Å². The van der Waals surface area contributed by atoms with Gasteiger partial charge in [0.1, 0.15) is 5.58 Å². The molecule has 0 aliphatic rings. The van der Waals surface area contributed by atoms with Crippen LogP contribution in [-0.4, -0.2) is 12.5 Å². The standard InChI is InChI=1S/C17H12BrClO2S2/c1-22-16-11(18)7-8-12-13(16)14(20)17(23-2)15(21-12)9-3-5-10(19)6-4-9/h3-8H,1-2H3. The number of hydrogen-bond acceptors (Lipinski definition) is 4. The highest BCUT2D eigenvalue weighted by Gasteiger charge is 2.19. The molecule has 118 valence electrons. The van der Waals surface area contributed by atoms with Gasteiger partial charge < -0.3 is 4.42 Å². The highest BCUT2D eigenvalue weighted by atomic mass is 79.9. The number of rotatable bonds is 3. The third-order valence-corrected chi connectivity index (χ3v) is 6.22. The van der Waals surface area contributed by atoms with Gasteiger partial charge in [0.15, 0.2) is 5.76 Å². The first-order valence-electron chi connectivity index (χ1n) is 6.70. The van der Waals surface area contributed by atoms with Crippen LogP contribution >= 0.6 is 51.1 Å². The lowest BCUT2D eigenvalue weighted by Crippen LogP contribution is -2.07. The molecular weight excluding hydrogens is 416 g/mol. The average Bonchev–Trinajstić information content (AvgIpc) is 2.56. The van der Waals surface area contributed by atoms with E-state index in [2.05, 4.69) is 15.9 Å². The Morgan fingerprint density at radius 3 is 2.26 bits per heavy atom. The molecule has 3 rings (SSSR count). The molecule has 0 fully saturated rings. The van der Waals surface area contributed by atoms with Gasteiger partial charge in [0.25, 0.3) is 0 Å². The average molecular weight is 428 g/mol. The van der Waals surface area contributed by atoms with Crippen LogP contribution in [0.25, 0.3) is 22.3 Å². The van der Waals surface area contributed by atoms with E-state index in [9.17, 15) is 4.79 Å². The molecule has 3 aromatic rings. The van der Waals surface area contributed by atoms with Gasteiger partial charge in [0.05, 0.1) is 10.3 Å². The zero-order valence-corrected chi connectivity index (χ0v) is 16.3. The van der Waals surface area contributed by atoms with E-state index < -0.39 is 0 Å². The van der Waals surface area contributed by atoms with Crippen molar-refractivity contribution >= 4 is 62.0 Å². The minimum atomic E-state index is -0.00523. The summed E-state index contributed by atoms with van der Waals surface area (Å²) in [6.07, 6.45) is 3.83. The third kappa shape index (κ3) is 3.07. The summed E-state index contributed by atoms with van der Waals surface area (Å²) in [7, 11) is 0. The molecule has 2 aromatic carbocycles. The molecule has 0 spiro atoms. The van der Waals surface area contributed by atoms with Crippen LogP contribution < -0.4 is 5.43 Å². The van der Waals surface area contributed by atoms with Crippen molar-refractivity contribution in [2.45, 2.75) is 9.79 Å². The summed E-state index contributed by atoms with van der Waals surface area (Å²) in [5.41, 5.74) is 1.42. The Bertz CT molecular complexity index is 936. The van der Waals surface area contributed by atoms with Gasteiger partial charge in [-0.1, -0.05) is 11.6 Å². The van der Waals surface area contributed by atoms with E-state index in [1.165, 1.54) is 23.5 Å². The molecule has 0 amide bonds. The van der Waals surface area contributed by atoms with Gasteiger partial charge in [-0.2, -0.15) is 0 Å². The summed E-state index contributed by atoms with van der Waals surface area (Å²) in [5.74, 6) is 0.584. The number of halogens is 2. The molecule has 0 saturated heterocycles. The van der Waals surface area contributed by atoms with Gasteiger partial charge in [0, 0.05) is 20.0 Å². The van der Waals surface area contributed by atoms with Crippen LogP contribution in [0.5, 0.6) is 0 Å². The number of benzene rings is 2. The van der Waals surface area contributed by atoms with Gasteiger partial charge in [0.2, 0.25) is 5.43 Å². The zero-order valence-electron chi connectivity index (χ0n) is 12.4. The number of thioether (sulfide) groups is 2. The molecule has 0 saturated carbocycles. The van der Waals surface area contributed by atoms with E-state index in [4.69, 9.17) is 16.0 Å². The molecule has 23 heavy (non-hydrogen) atoms. The number of fused-ring (bicyclic) bond motifs is 1. The van der Waals surface area contributed by atoms with E-state index in [0.717, 1.165) is 14.9 Å². The molecule has 0 bridgehead atoms. The highest BCUT2D eigenvalue weighted by molar-refractivity contribution is 9.10. The highest BCUT2D eigenvalue weighted by Crippen LogP contribution is 2.37. The lowest BCUT2D eigenvalue weighted by molar-refractivity contribution is 0.604. The van der Waals surface area contributed by atoms with E-state index >= 15 is 0 Å². The summed E-state index contributed by atoms with van der Waals surface area (Å²) in [4.78, 5) is 14.5. The fourth-order valence-corrected chi connectivity index (χ4v) is 4.62. The fraction of sp³-hybridized carbons (Fsp3) is 0.118. The monoisotopic (exact) mass is 426 g/mol. The maximum absolute atomic E-state index is 13.0. The molecule has 0 aliphatic heterocycles. The molecule has 0 radical (unpaired) electrons. The first-order valence-corrected chi connectivity index (χ1v) is 10.3. The minimum absolute atomic E-state index is 0.00523. The zero-order chi connectivity index (χ0) is 16.6. The Kier molecular flexibility index (Phi) is 5.11. The Labute approximate surface area is 155 Å². The number of hydrogen-bond donors (Lipinski definition) is 0. The Hall–Kier alpha value is -0.880. The molecule has 0 unspecified atom stereocenters. The molecule has 1 heterocycles. The van der Waals surface area contributed by atoms with Crippen molar-refractivity contribution < 1.29 is 4.42 Å². The summed E-state index contributed by atoms with van der Waals surface area (Å²) in [6.45, 7) is 0. The molecular formula is C17H12BrClO2S2. The van der Waals surface area contributed by atoms with Crippen LogP contribution in [-0.2, 0) is 0 Å². The van der Waals surface area contributed by atoms with Crippen LogP contribution in [0.15, 0.2) is 59.9 Å². The van der Waals surface area contributed by atoms with Crippen molar-refractivity contribution in [3.8, 4) is 11.3 Å². The Morgan fingerprint density at radius 2 is 1.65 bits per heavy atom. The summed E-state index contributed by atoms with van der Waals surface area (Å²) >= 11 is 12.4. The van der Waals surface area contributed by atoms with Crippen LogP contribution in [0, 0.1) is 0 Å². The minimum Gasteiger partial charge on any atom is -0.455 e. The predicted octanol–water partition coefficient (Wildman–Crippen LogP) is 6.32. The second-order valence-electron chi connectivity index (χ2n) is 4.75. The van der Waals surface area contributed by atoms with Crippen molar-refractivity contribution in [1.82, 2.24) is 0 Å². The van der Waals surface area contributed by atoms with E-state index in [1.54, 1.807) is 12.1 Å². The van der Waals surface area contributed by atoms with E-state index in [1.807, 2.05) is 36.8 Å². The van der Waals surface area contributed by atoms with Crippen molar-refractivity contribution in [3.05, 3.63) is 56.1 Å². The lowest BCUT2D eigenvalue weighted by Gasteiger charge is -2.11. The van der Waals surface area contributed by atoms with Gasteiger partial charge in [-0.25, -0.2) is 0 Å². The molecule has 0 N–H and O–H groups in total. The smallest absolute Gasteiger partial charge is 0.208 e. The van der Waals surface area contributed by atoms with Crippen LogP contribution in [0.1, 0.15) is 0 Å². The van der Waals surface area contributed by atoms with Gasteiger partial charge >= 0.3 is 0 Å². The molecule has 1 aromatic heterocycles. The summed E-state index contributed by atoms with van der Waals surface area (Å²) in [5, 5.41) is 1.27. The lowest BCUT2D eigenvalue weighted by atomic mass is 10.1. The maximum Gasteiger partial charge on any atom is 0.208 e. The quantitative estimate of drug-likeness (QED) is 0.458. The SMILES string of the molecule is CSc1c(-c2ccc(Cl)cc2)oc2ccc(Br)c(SC)c2c1=O. The van der Waals surface area contributed by atoms with Crippen LogP contribution in [0.4, 0.5) is 0 Å². The maximum atomic E-state index is 13.0. The second-order valence-corrected chi connectivity index (χ2v) is 7.68. The van der Waals surface area contributed by atoms with Gasteiger partial charge in [-0.3, -0.25) is 4.79 Å². The third-order valence-electron chi connectivity index (χ3n) is 3.44. The summed E-state index contributed by atoms with van der Waals surface area (Å²) in [6, 6.07) is 11.0.